The molecule has 0 spiro atoms. The molecule has 5 heteroatoms. The van der Waals surface area contributed by atoms with Crippen molar-refractivity contribution in [3.8, 4) is 0 Å². The summed E-state index contributed by atoms with van der Waals surface area (Å²) in [5.41, 5.74) is 1.65. The number of carbonyl (C=O) groups excluding carboxylic acids is 1. The standard InChI is InChI=1S/C18H14INO2S/c19-14-5-4-6-15(11-14)20-18(21)17-13(9-10-22-17)12-23-16-7-2-1-3-8-16/h1-11H,12H2,(H,20,21). The van der Waals surface area contributed by atoms with E-state index in [-0.39, 0.29) is 5.91 Å². The van der Waals surface area contributed by atoms with Crippen molar-refractivity contribution < 1.29 is 9.21 Å². The van der Waals surface area contributed by atoms with Crippen LogP contribution in [0.1, 0.15) is 16.1 Å². The van der Waals surface area contributed by atoms with Gasteiger partial charge in [0.05, 0.1) is 6.26 Å². The zero-order valence-corrected chi connectivity index (χ0v) is 15.1. The number of thioether (sulfide) groups is 1. The molecule has 3 nitrogen and oxygen atoms in total. The van der Waals surface area contributed by atoms with Gasteiger partial charge < -0.3 is 9.73 Å². The summed E-state index contributed by atoms with van der Waals surface area (Å²) in [6.45, 7) is 0. The Morgan fingerprint density at radius 2 is 1.91 bits per heavy atom. The number of halogens is 1. The predicted molar refractivity (Wildman–Crippen MR) is 102 cm³/mol. The van der Waals surface area contributed by atoms with Gasteiger partial charge in [-0.25, -0.2) is 0 Å². The third kappa shape index (κ3) is 4.39. The number of anilines is 1. The molecule has 0 saturated heterocycles. The van der Waals surface area contributed by atoms with Crippen molar-refractivity contribution in [1.29, 1.82) is 0 Å². The zero-order chi connectivity index (χ0) is 16.1. The van der Waals surface area contributed by atoms with Crippen LogP contribution in [0.2, 0.25) is 0 Å². The number of rotatable bonds is 5. The second-order valence-electron chi connectivity index (χ2n) is 4.84. The summed E-state index contributed by atoms with van der Waals surface area (Å²) < 4.78 is 6.46. The van der Waals surface area contributed by atoms with Gasteiger partial charge in [0.25, 0.3) is 5.91 Å². The van der Waals surface area contributed by atoms with Crippen molar-refractivity contribution in [2.24, 2.45) is 0 Å². The van der Waals surface area contributed by atoms with E-state index in [9.17, 15) is 4.79 Å². The minimum Gasteiger partial charge on any atom is -0.459 e. The van der Waals surface area contributed by atoms with E-state index < -0.39 is 0 Å². The van der Waals surface area contributed by atoms with Gasteiger partial charge in [0.1, 0.15) is 0 Å². The molecule has 3 rings (SSSR count). The van der Waals surface area contributed by atoms with Gasteiger partial charge in [-0.15, -0.1) is 11.8 Å². The zero-order valence-electron chi connectivity index (χ0n) is 12.2. The Kier molecular flexibility index (Phi) is 5.40. The first-order valence-electron chi connectivity index (χ1n) is 7.03. The third-order valence-electron chi connectivity index (χ3n) is 3.17. The second-order valence-corrected chi connectivity index (χ2v) is 7.14. The lowest BCUT2D eigenvalue weighted by Gasteiger charge is -2.06. The van der Waals surface area contributed by atoms with Crippen LogP contribution in [-0.2, 0) is 5.75 Å². The summed E-state index contributed by atoms with van der Waals surface area (Å²) >= 11 is 3.89. The highest BCUT2D eigenvalue weighted by atomic mass is 127. The Bertz CT molecular complexity index is 802. The van der Waals surface area contributed by atoms with E-state index in [2.05, 4.69) is 40.0 Å². The lowest BCUT2D eigenvalue weighted by atomic mass is 10.2. The van der Waals surface area contributed by atoms with E-state index in [1.807, 2.05) is 48.5 Å². The lowest BCUT2D eigenvalue weighted by molar-refractivity contribution is 0.0996. The van der Waals surface area contributed by atoms with Crippen molar-refractivity contribution in [2.45, 2.75) is 10.6 Å². The molecular weight excluding hydrogens is 421 g/mol. The van der Waals surface area contributed by atoms with E-state index in [1.54, 1.807) is 18.0 Å². The van der Waals surface area contributed by atoms with E-state index in [1.165, 1.54) is 0 Å². The van der Waals surface area contributed by atoms with Gasteiger partial charge in [0.2, 0.25) is 0 Å². The van der Waals surface area contributed by atoms with Crippen LogP contribution < -0.4 is 5.32 Å². The molecule has 1 aromatic heterocycles. The minimum absolute atomic E-state index is 0.222. The summed E-state index contributed by atoms with van der Waals surface area (Å²) in [4.78, 5) is 13.6. The molecule has 0 saturated carbocycles. The van der Waals surface area contributed by atoms with Gasteiger partial charge in [-0.1, -0.05) is 24.3 Å². The molecular formula is C18H14INO2S. The Labute approximate surface area is 152 Å². The van der Waals surface area contributed by atoms with Crippen molar-refractivity contribution in [2.75, 3.05) is 5.32 Å². The molecule has 1 heterocycles. The molecule has 0 aliphatic carbocycles. The molecule has 0 radical (unpaired) electrons. The molecule has 0 aliphatic rings. The van der Waals surface area contributed by atoms with Crippen LogP contribution >= 0.6 is 34.4 Å². The monoisotopic (exact) mass is 435 g/mol. The summed E-state index contributed by atoms with van der Waals surface area (Å²) in [5, 5.41) is 2.88. The number of benzene rings is 2. The maximum absolute atomic E-state index is 12.4. The first kappa shape index (κ1) is 16.1. The molecule has 0 bridgehead atoms. The molecule has 0 atom stereocenters. The van der Waals surface area contributed by atoms with Gasteiger partial charge in [0, 0.05) is 25.5 Å². The third-order valence-corrected chi connectivity index (χ3v) is 4.90. The summed E-state index contributed by atoms with van der Waals surface area (Å²) in [6.07, 6.45) is 1.56. The summed E-state index contributed by atoms with van der Waals surface area (Å²) in [6, 6.07) is 19.6. The Morgan fingerprint density at radius 1 is 1.09 bits per heavy atom. The first-order valence-corrected chi connectivity index (χ1v) is 9.10. The average Bonchev–Trinajstić information content (AvgIpc) is 3.02. The fourth-order valence-corrected chi connectivity index (χ4v) is 3.52. The van der Waals surface area contributed by atoms with Gasteiger partial charge in [0.15, 0.2) is 5.76 Å². The molecule has 1 N–H and O–H groups in total. The molecule has 0 aliphatic heterocycles. The van der Waals surface area contributed by atoms with Crippen LogP contribution in [0.25, 0.3) is 0 Å². The number of hydrogen-bond acceptors (Lipinski definition) is 3. The second kappa shape index (κ2) is 7.70. The van der Waals surface area contributed by atoms with Crippen LogP contribution in [-0.4, -0.2) is 5.91 Å². The highest BCUT2D eigenvalue weighted by Crippen LogP contribution is 2.25. The van der Waals surface area contributed by atoms with Crippen molar-refractivity contribution in [1.82, 2.24) is 0 Å². The van der Waals surface area contributed by atoms with Crippen LogP contribution in [0.15, 0.2) is 76.2 Å². The normalized spacial score (nSPS) is 10.5. The predicted octanol–water partition coefficient (Wildman–Crippen LogP) is 5.43. The molecule has 2 aromatic carbocycles. The summed E-state index contributed by atoms with van der Waals surface area (Å²) in [5.74, 6) is 0.836. The van der Waals surface area contributed by atoms with E-state index in [0.29, 0.717) is 11.5 Å². The number of furan rings is 1. The van der Waals surface area contributed by atoms with Crippen molar-refractivity contribution in [3.05, 3.63) is 81.8 Å². The number of nitrogens with one attached hydrogen (secondary N) is 1. The molecule has 116 valence electrons. The Hall–Kier alpha value is -1.73. The molecule has 0 fully saturated rings. The maximum atomic E-state index is 12.4. The minimum atomic E-state index is -0.222. The van der Waals surface area contributed by atoms with Gasteiger partial charge in [-0.2, -0.15) is 0 Å². The molecule has 1 amide bonds. The topological polar surface area (TPSA) is 42.2 Å². The van der Waals surface area contributed by atoms with Crippen LogP contribution in [0.5, 0.6) is 0 Å². The highest BCUT2D eigenvalue weighted by Gasteiger charge is 2.15. The van der Waals surface area contributed by atoms with Crippen LogP contribution in [0.3, 0.4) is 0 Å². The Morgan fingerprint density at radius 3 is 2.70 bits per heavy atom. The molecule has 3 aromatic rings. The van der Waals surface area contributed by atoms with Gasteiger partial charge in [-0.3, -0.25) is 4.79 Å². The summed E-state index contributed by atoms with van der Waals surface area (Å²) in [7, 11) is 0. The Balaban J connectivity index is 1.69. The number of hydrogen-bond donors (Lipinski definition) is 1. The smallest absolute Gasteiger partial charge is 0.291 e. The van der Waals surface area contributed by atoms with E-state index in [4.69, 9.17) is 4.42 Å². The molecule has 23 heavy (non-hydrogen) atoms. The maximum Gasteiger partial charge on any atom is 0.291 e. The SMILES string of the molecule is O=C(Nc1cccc(I)c1)c1occc1CSc1ccccc1. The fourth-order valence-electron chi connectivity index (χ4n) is 2.08. The van der Waals surface area contributed by atoms with Crippen LogP contribution in [0.4, 0.5) is 5.69 Å². The van der Waals surface area contributed by atoms with Gasteiger partial charge >= 0.3 is 0 Å². The van der Waals surface area contributed by atoms with Crippen LogP contribution in [0, 0.1) is 3.57 Å². The van der Waals surface area contributed by atoms with Crippen molar-refractivity contribution >= 4 is 45.9 Å². The van der Waals surface area contributed by atoms with E-state index >= 15 is 0 Å². The fraction of sp³-hybridized carbons (Fsp3) is 0.0556. The lowest BCUT2D eigenvalue weighted by Crippen LogP contribution is -2.12. The van der Waals surface area contributed by atoms with Crippen molar-refractivity contribution in [3.63, 3.8) is 0 Å². The van der Waals surface area contributed by atoms with Gasteiger partial charge in [-0.05, 0) is 59.0 Å². The average molecular weight is 435 g/mol. The van der Waals surface area contributed by atoms with E-state index in [0.717, 1.165) is 19.7 Å². The first-order chi connectivity index (χ1) is 11.2. The molecule has 0 unspecified atom stereocenters. The largest absolute Gasteiger partial charge is 0.459 e. The quantitative estimate of drug-likeness (QED) is 0.430. The highest BCUT2D eigenvalue weighted by molar-refractivity contribution is 14.1. The number of carbonyl (C=O) groups is 1. The number of amides is 1.